The first kappa shape index (κ1) is 12.0. The number of aromatic hydroxyl groups is 2. The number of nitrogens with zero attached hydrogens (tertiary/aromatic N) is 1. The summed E-state index contributed by atoms with van der Waals surface area (Å²) in [6.45, 7) is 3.50. The second-order valence-corrected chi connectivity index (χ2v) is 3.93. The van der Waals surface area contributed by atoms with Gasteiger partial charge >= 0.3 is 0 Å². The quantitative estimate of drug-likeness (QED) is 0.649. The summed E-state index contributed by atoms with van der Waals surface area (Å²) in [5.41, 5.74) is 1.73. The van der Waals surface area contributed by atoms with Crippen LogP contribution < -0.4 is 5.32 Å². The Balaban J connectivity index is 2.34. The van der Waals surface area contributed by atoms with E-state index in [2.05, 4.69) is 15.5 Å². The monoisotopic (exact) mass is 247 g/mol. The van der Waals surface area contributed by atoms with E-state index < -0.39 is 5.91 Å². The van der Waals surface area contributed by atoms with Crippen molar-refractivity contribution in [3.63, 3.8) is 0 Å². The molecule has 0 spiro atoms. The number of rotatable bonds is 2. The number of hydrogen-bond donors (Lipinski definition) is 4. The Morgan fingerprint density at radius 3 is 2.39 bits per heavy atom. The van der Waals surface area contributed by atoms with Crippen molar-refractivity contribution in [2.75, 3.05) is 5.32 Å². The van der Waals surface area contributed by atoms with Gasteiger partial charge in [0.15, 0.2) is 0 Å². The zero-order chi connectivity index (χ0) is 13.3. The third-order valence-corrected chi connectivity index (χ3v) is 2.61. The van der Waals surface area contributed by atoms with E-state index in [1.54, 1.807) is 13.8 Å². The molecule has 0 saturated carbocycles. The second kappa shape index (κ2) is 4.40. The lowest BCUT2D eigenvalue weighted by Crippen LogP contribution is -2.13. The predicted octanol–water partition coefficient (Wildman–Crippen LogP) is 1.69. The maximum Gasteiger partial charge on any atom is 0.263 e. The van der Waals surface area contributed by atoms with Crippen LogP contribution in [0.25, 0.3) is 0 Å². The lowest BCUT2D eigenvalue weighted by atomic mass is 10.1. The molecule has 94 valence electrons. The van der Waals surface area contributed by atoms with Gasteiger partial charge in [-0.25, -0.2) is 0 Å². The summed E-state index contributed by atoms with van der Waals surface area (Å²) in [5.74, 6) is -1.13. The Labute approximate surface area is 103 Å². The highest BCUT2D eigenvalue weighted by Gasteiger charge is 2.18. The Hall–Kier alpha value is -2.50. The molecule has 0 bridgehead atoms. The van der Waals surface area contributed by atoms with E-state index in [4.69, 9.17) is 0 Å². The van der Waals surface area contributed by atoms with Crippen LogP contribution in [-0.2, 0) is 0 Å². The molecule has 2 rings (SSSR count). The third-order valence-electron chi connectivity index (χ3n) is 2.61. The number of anilines is 1. The SMILES string of the molecule is Cc1n[nH]c(C)c1NC(=O)c1c(O)cccc1O. The first-order valence-electron chi connectivity index (χ1n) is 5.34. The first-order chi connectivity index (χ1) is 8.50. The molecule has 0 radical (unpaired) electrons. The molecule has 18 heavy (non-hydrogen) atoms. The van der Waals surface area contributed by atoms with E-state index >= 15 is 0 Å². The summed E-state index contributed by atoms with van der Waals surface area (Å²) in [5, 5.41) is 28.4. The number of phenols is 2. The van der Waals surface area contributed by atoms with Crippen LogP contribution in [0.4, 0.5) is 5.69 Å². The molecule has 1 heterocycles. The van der Waals surface area contributed by atoms with Gasteiger partial charge in [0, 0.05) is 0 Å². The Bertz CT molecular complexity index is 565. The number of H-pyrrole nitrogens is 1. The van der Waals surface area contributed by atoms with E-state index in [1.807, 2.05) is 0 Å². The van der Waals surface area contributed by atoms with Crippen molar-refractivity contribution in [1.29, 1.82) is 0 Å². The zero-order valence-electron chi connectivity index (χ0n) is 9.98. The number of hydrogen-bond acceptors (Lipinski definition) is 4. The average Bonchev–Trinajstić information content (AvgIpc) is 2.60. The fraction of sp³-hybridized carbons (Fsp3) is 0.167. The van der Waals surface area contributed by atoms with E-state index in [-0.39, 0.29) is 17.1 Å². The summed E-state index contributed by atoms with van der Waals surface area (Å²) in [6, 6.07) is 4.13. The first-order valence-corrected chi connectivity index (χ1v) is 5.34. The van der Waals surface area contributed by atoms with Crippen LogP contribution in [0.15, 0.2) is 18.2 Å². The molecule has 0 saturated heterocycles. The molecule has 1 amide bonds. The van der Waals surface area contributed by atoms with Gasteiger partial charge in [-0.15, -0.1) is 0 Å². The smallest absolute Gasteiger partial charge is 0.263 e. The number of aromatic nitrogens is 2. The summed E-state index contributed by atoms with van der Waals surface area (Å²) < 4.78 is 0. The highest BCUT2D eigenvalue weighted by molar-refractivity contribution is 6.08. The van der Waals surface area contributed by atoms with Gasteiger partial charge in [0.05, 0.1) is 17.1 Å². The minimum absolute atomic E-state index is 0.155. The minimum atomic E-state index is -0.585. The van der Waals surface area contributed by atoms with E-state index in [9.17, 15) is 15.0 Å². The van der Waals surface area contributed by atoms with Gasteiger partial charge in [-0.1, -0.05) is 6.07 Å². The summed E-state index contributed by atoms with van der Waals surface area (Å²) >= 11 is 0. The number of phenolic OH excluding ortho intramolecular Hbond substituents is 2. The average molecular weight is 247 g/mol. The van der Waals surface area contributed by atoms with Crippen molar-refractivity contribution >= 4 is 11.6 Å². The van der Waals surface area contributed by atoms with Gasteiger partial charge in [-0.2, -0.15) is 5.10 Å². The molecule has 1 aromatic heterocycles. The van der Waals surface area contributed by atoms with Crippen molar-refractivity contribution in [2.24, 2.45) is 0 Å². The van der Waals surface area contributed by atoms with Gasteiger partial charge in [0.1, 0.15) is 17.1 Å². The maximum absolute atomic E-state index is 12.0. The van der Waals surface area contributed by atoms with E-state index in [0.29, 0.717) is 17.1 Å². The van der Waals surface area contributed by atoms with Gasteiger partial charge in [0.25, 0.3) is 5.91 Å². The summed E-state index contributed by atoms with van der Waals surface area (Å²) in [4.78, 5) is 12.0. The Kier molecular flexibility index (Phi) is 2.93. The van der Waals surface area contributed by atoms with Crippen molar-refractivity contribution in [2.45, 2.75) is 13.8 Å². The number of benzene rings is 1. The number of nitrogens with one attached hydrogen (secondary N) is 2. The molecule has 1 aromatic carbocycles. The molecule has 6 heteroatoms. The number of amides is 1. The molecular formula is C12H13N3O3. The molecule has 0 fully saturated rings. The van der Waals surface area contributed by atoms with Gasteiger partial charge in [0.2, 0.25) is 0 Å². The zero-order valence-corrected chi connectivity index (χ0v) is 9.98. The third kappa shape index (κ3) is 2.00. The lowest BCUT2D eigenvalue weighted by Gasteiger charge is -2.08. The van der Waals surface area contributed by atoms with Crippen LogP contribution in [0.5, 0.6) is 11.5 Å². The fourth-order valence-electron chi connectivity index (χ4n) is 1.67. The second-order valence-electron chi connectivity index (χ2n) is 3.93. The number of carbonyl (C=O) groups excluding carboxylic acids is 1. The van der Waals surface area contributed by atoms with E-state index in [0.717, 1.165) is 0 Å². The Morgan fingerprint density at radius 1 is 1.28 bits per heavy atom. The molecule has 0 aliphatic carbocycles. The van der Waals surface area contributed by atoms with E-state index in [1.165, 1.54) is 18.2 Å². The van der Waals surface area contributed by atoms with Crippen LogP contribution in [0, 0.1) is 13.8 Å². The largest absolute Gasteiger partial charge is 0.507 e. The van der Waals surface area contributed by atoms with Crippen LogP contribution in [0.1, 0.15) is 21.7 Å². The highest BCUT2D eigenvalue weighted by atomic mass is 16.3. The predicted molar refractivity (Wildman–Crippen MR) is 65.8 cm³/mol. The van der Waals surface area contributed by atoms with Crippen LogP contribution in [-0.4, -0.2) is 26.3 Å². The van der Waals surface area contributed by atoms with Crippen LogP contribution >= 0.6 is 0 Å². The normalized spacial score (nSPS) is 10.3. The topological polar surface area (TPSA) is 98.2 Å². The van der Waals surface area contributed by atoms with Crippen molar-refractivity contribution in [3.05, 3.63) is 35.2 Å². The fourth-order valence-corrected chi connectivity index (χ4v) is 1.67. The molecule has 0 unspecified atom stereocenters. The standard InChI is InChI=1S/C12H13N3O3/c1-6-11(7(2)15-14-6)13-12(18)10-8(16)4-3-5-9(10)17/h3-5,16-17H,1-2H3,(H,13,18)(H,14,15). The molecule has 4 N–H and O–H groups in total. The molecule has 0 aliphatic heterocycles. The summed E-state index contributed by atoms with van der Waals surface area (Å²) in [6.07, 6.45) is 0. The molecular weight excluding hydrogens is 234 g/mol. The van der Waals surface area contributed by atoms with Crippen molar-refractivity contribution < 1.29 is 15.0 Å². The van der Waals surface area contributed by atoms with Gasteiger partial charge < -0.3 is 15.5 Å². The maximum atomic E-state index is 12.0. The molecule has 0 atom stereocenters. The number of carbonyl (C=O) groups is 1. The highest BCUT2D eigenvalue weighted by Crippen LogP contribution is 2.28. The minimum Gasteiger partial charge on any atom is -0.507 e. The van der Waals surface area contributed by atoms with Gasteiger partial charge in [-0.3, -0.25) is 9.89 Å². The van der Waals surface area contributed by atoms with Crippen LogP contribution in [0.3, 0.4) is 0 Å². The molecule has 6 nitrogen and oxygen atoms in total. The van der Waals surface area contributed by atoms with Crippen molar-refractivity contribution in [1.82, 2.24) is 10.2 Å². The lowest BCUT2D eigenvalue weighted by molar-refractivity contribution is 0.102. The summed E-state index contributed by atoms with van der Waals surface area (Å²) in [7, 11) is 0. The Morgan fingerprint density at radius 2 is 1.89 bits per heavy atom. The van der Waals surface area contributed by atoms with Gasteiger partial charge in [-0.05, 0) is 26.0 Å². The molecule has 0 aliphatic rings. The number of aryl methyl sites for hydroxylation is 2. The number of aromatic amines is 1. The van der Waals surface area contributed by atoms with Crippen LogP contribution in [0.2, 0.25) is 0 Å². The molecule has 2 aromatic rings. The van der Waals surface area contributed by atoms with Crippen molar-refractivity contribution in [3.8, 4) is 11.5 Å².